The average Bonchev–Trinajstić information content (AvgIpc) is 3.25. The molecule has 29 heavy (non-hydrogen) atoms. The van der Waals surface area contributed by atoms with E-state index in [-0.39, 0.29) is 17.8 Å². The lowest BCUT2D eigenvalue weighted by atomic mass is 10.2. The highest BCUT2D eigenvalue weighted by atomic mass is 127. The van der Waals surface area contributed by atoms with Crippen molar-refractivity contribution in [2.24, 2.45) is 0 Å². The molecular weight excluding hydrogens is 495 g/mol. The Morgan fingerprint density at radius 2 is 2.14 bits per heavy atom. The van der Waals surface area contributed by atoms with Crippen LogP contribution in [0.4, 0.5) is 4.79 Å². The van der Waals surface area contributed by atoms with Gasteiger partial charge < -0.3 is 14.4 Å². The molecular formula is C16H17IN8O4. The summed E-state index contributed by atoms with van der Waals surface area (Å²) in [5, 5.41) is 10.3. The number of rotatable bonds is 5. The molecule has 0 bridgehead atoms. The number of aromatic nitrogens is 7. The SMILES string of the molecule is CC(C)(I)OC(=O)N1CC(Oc2cc(-n3[nH]cc(-n4ccnn4)c3=O)ncn2)C1. The first-order valence-electron chi connectivity index (χ1n) is 8.63. The molecule has 0 aromatic carbocycles. The molecule has 1 saturated heterocycles. The summed E-state index contributed by atoms with van der Waals surface area (Å²) in [5.41, 5.74) is -0.0472. The van der Waals surface area contributed by atoms with Crippen molar-refractivity contribution in [1.82, 2.24) is 39.6 Å². The summed E-state index contributed by atoms with van der Waals surface area (Å²) in [6, 6.07) is 1.54. The number of carbonyl (C=O) groups excluding carboxylic acids is 1. The standard InChI is InChI=1S/C16H17IN8O4/c1-16(2,17)29-15(27)23-7-10(8-23)28-13-5-12(18-9-19-13)25-14(26)11(6-21-25)24-4-3-20-22-24/h3-6,9-10,21H,7-8H2,1-2H3. The van der Waals surface area contributed by atoms with E-state index >= 15 is 0 Å². The second kappa shape index (κ2) is 7.46. The third-order valence-corrected chi connectivity index (χ3v) is 4.22. The van der Waals surface area contributed by atoms with Crippen molar-refractivity contribution in [2.45, 2.75) is 23.6 Å². The molecule has 1 amide bonds. The molecule has 0 aliphatic carbocycles. The molecule has 1 fully saturated rings. The molecule has 1 aliphatic heterocycles. The summed E-state index contributed by atoms with van der Waals surface area (Å²) in [6.07, 6.45) is 5.25. The van der Waals surface area contributed by atoms with Gasteiger partial charge in [-0.15, -0.1) is 5.10 Å². The lowest BCUT2D eigenvalue weighted by molar-refractivity contribution is -0.00293. The maximum atomic E-state index is 12.6. The number of H-pyrrole nitrogens is 1. The lowest BCUT2D eigenvalue weighted by Crippen LogP contribution is -2.57. The summed E-state index contributed by atoms with van der Waals surface area (Å²) in [7, 11) is 0. The number of nitrogens with one attached hydrogen (secondary N) is 1. The molecule has 12 nitrogen and oxygen atoms in total. The van der Waals surface area contributed by atoms with Crippen LogP contribution >= 0.6 is 22.6 Å². The third-order valence-electron chi connectivity index (χ3n) is 4.00. The number of amides is 1. The topological polar surface area (TPSA) is 133 Å². The summed E-state index contributed by atoms with van der Waals surface area (Å²) >= 11 is 2.05. The van der Waals surface area contributed by atoms with E-state index in [1.807, 2.05) is 22.6 Å². The van der Waals surface area contributed by atoms with Gasteiger partial charge in [0, 0.05) is 6.07 Å². The van der Waals surface area contributed by atoms with Crippen LogP contribution in [0, 0.1) is 0 Å². The van der Waals surface area contributed by atoms with Crippen molar-refractivity contribution < 1.29 is 14.3 Å². The number of halogens is 1. The fraction of sp³-hybridized carbons (Fsp3) is 0.375. The molecule has 0 unspecified atom stereocenters. The number of nitrogens with zero attached hydrogens (tertiary/aromatic N) is 7. The molecule has 0 radical (unpaired) electrons. The number of alkyl halides is 1. The molecule has 152 valence electrons. The van der Waals surface area contributed by atoms with Crippen LogP contribution in [-0.4, -0.2) is 68.5 Å². The summed E-state index contributed by atoms with van der Waals surface area (Å²) in [4.78, 5) is 34.3. The number of ether oxygens (including phenoxy) is 2. The van der Waals surface area contributed by atoms with Gasteiger partial charge in [-0.3, -0.25) is 9.89 Å². The molecule has 1 N–H and O–H groups in total. The largest absolute Gasteiger partial charge is 0.470 e. The first-order valence-corrected chi connectivity index (χ1v) is 9.71. The summed E-state index contributed by atoms with van der Waals surface area (Å²) < 4.78 is 13.1. The highest BCUT2D eigenvalue weighted by Crippen LogP contribution is 2.23. The monoisotopic (exact) mass is 512 g/mol. The van der Waals surface area contributed by atoms with Gasteiger partial charge in [0.2, 0.25) is 5.88 Å². The molecule has 4 heterocycles. The van der Waals surface area contributed by atoms with Gasteiger partial charge in [-0.25, -0.2) is 19.4 Å². The van der Waals surface area contributed by atoms with Gasteiger partial charge in [0.15, 0.2) is 15.1 Å². The van der Waals surface area contributed by atoms with E-state index in [4.69, 9.17) is 9.47 Å². The molecule has 1 aliphatic rings. The predicted octanol–water partition coefficient (Wildman–Crippen LogP) is 0.907. The Morgan fingerprint density at radius 3 is 2.83 bits per heavy atom. The number of hydrogen-bond donors (Lipinski definition) is 1. The van der Waals surface area contributed by atoms with Crippen LogP contribution in [0.3, 0.4) is 0 Å². The van der Waals surface area contributed by atoms with Gasteiger partial charge in [-0.1, -0.05) is 5.21 Å². The highest BCUT2D eigenvalue weighted by molar-refractivity contribution is 14.1. The zero-order valence-corrected chi connectivity index (χ0v) is 17.7. The van der Waals surface area contributed by atoms with Crippen molar-refractivity contribution in [3.8, 4) is 17.4 Å². The van der Waals surface area contributed by atoms with Crippen molar-refractivity contribution in [3.63, 3.8) is 0 Å². The van der Waals surface area contributed by atoms with Gasteiger partial charge >= 0.3 is 6.09 Å². The molecule has 4 rings (SSSR count). The molecule has 0 saturated carbocycles. The van der Waals surface area contributed by atoms with Gasteiger partial charge in [-0.2, -0.15) is 4.68 Å². The zero-order valence-electron chi connectivity index (χ0n) is 15.5. The van der Waals surface area contributed by atoms with Crippen LogP contribution in [0.2, 0.25) is 0 Å². The Kier molecular flexibility index (Phi) is 4.97. The van der Waals surface area contributed by atoms with Gasteiger partial charge in [-0.05, 0) is 36.4 Å². The van der Waals surface area contributed by atoms with Crippen LogP contribution < -0.4 is 10.3 Å². The van der Waals surface area contributed by atoms with Crippen LogP contribution in [-0.2, 0) is 4.74 Å². The first kappa shape index (κ1) is 19.4. The normalized spacial score (nSPS) is 14.5. The molecule has 3 aromatic rings. The van der Waals surface area contributed by atoms with Gasteiger partial charge in [0.05, 0.1) is 31.7 Å². The van der Waals surface area contributed by atoms with E-state index in [0.29, 0.717) is 30.5 Å². The van der Waals surface area contributed by atoms with E-state index in [1.54, 1.807) is 24.9 Å². The summed E-state index contributed by atoms with van der Waals surface area (Å²) in [6.45, 7) is 4.39. The van der Waals surface area contributed by atoms with Gasteiger partial charge in [0.1, 0.15) is 12.4 Å². The average molecular weight is 512 g/mol. The maximum absolute atomic E-state index is 12.6. The lowest BCUT2D eigenvalue weighted by Gasteiger charge is -2.38. The maximum Gasteiger partial charge on any atom is 0.411 e. The minimum absolute atomic E-state index is 0.214. The van der Waals surface area contributed by atoms with E-state index in [1.165, 1.54) is 34.2 Å². The van der Waals surface area contributed by atoms with Crippen LogP contribution in [0.25, 0.3) is 11.5 Å². The van der Waals surface area contributed by atoms with E-state index in [2.05, 4.69) is 25.4 Å². The Labute approximate surface area is 178 Å². The second-order valence-corrected chi connectivity index (χ2v) is 9.34. The number of carbonyl (C=O) groups is 1. The van der Waals surface area contributed by atoms with Crippen LogP contribution in [0.1, 0.15) is 13.8 Å². The minimum atomic E-state index is -0.573. The Hall–Kier alpha value is -2.97. The zero-order chi connectivity index (χ0) is 20.6. The minimum Gasteiger partial charge on any atom is -0.470 e. The first-order chi connectivity index (χ1) is 13.8. The van der Waals surface area contributed by atoms with E-state index in [9.17, 15) is 9.59 Å². The van der Waals surface area contributed by atoms with E-state index < -0.39 is 3.61 Å². The Morgan fingerprint density at radius 1 is 1.34 bits per heavy atom. The van der Waals surface area contributed by atoms with Crippen LogP contribution in [0.5, 0.6) is 5.88 Å². The predicted molar refractivity (Wildman–Crippen MR) is 107 cm³/mol. The van der Waals surface area contributed by atoms with E-state index in [0.717, 1.165) is 0 Å². The molecule has 0 spiro atoms. The highest BCUT2D eigenvalue weighted by Gasteiger charge is 2.35. The Bertz CT molecular complexity index is 1070. The smallest absolute Gasteiger partial charge is 0.411 e. The van der Waals surface area contributed by atoms with Crippen molar-refractivity contribution in [1.29, 1.82) is 0 Å². The number of hydrogen-bond acceptors (Lipinski definition) is 8. The van der Waals surface area contributed by atoms with Crippen molar-refractivity contribution in [3.05, 3.63) is 41.3 Å². The number of likely N-dealkylation sites (tertiary alicyclic amines) is 1. The van der Waals surface area contributed by atoms with Crippen molar-refractivity contribution >= 4 is 28.7 Å². The quantitative estimate of drug-likeness (QED) is 0.394. The number of aromatic amines is 1. The van der Waals surface area contributed by atoms with Crippen molar-refractivity contribution in [2.75, 3.05) is 13.1 Å². The van der Waals surface area contributed by atoms with Gasteiger partial charge in [0.25, 0.3) is 5.56 Å². The molecule has 3 aromatic heterocycles. The van der Waals surface area contributed by atoms with Crippen LogP contribution in [0.15, 0.2) is 35.8 Å². The fourth-order valence-electron chi connectivity index (χ4n) is 2.65. The second-order valence-electron chi connectivity index (χ2n) is 6.74. The fourth-order valence-corrected chi connectivity index (χ4v) is 2.84. The summed E-state index contributed by atoms with van der Waals surface area (Å²) in [5.74, 6) is 0.611. The molecule has 0 atom stereocenters. The third kappa shape index (κ3) is 4.23. The molecule has 13 heteroatoms. The Balaban J connectivity index is 1.42.